The first-order chi connectivity index (χ1) is 16.4. The zero-order valence-corrected chi connectivity index (χ0v) is 20.6. The second-order valence-electron chi connectivity index (χ2n) is 7.32. The molecule has 1 saturated heterocycles. The highest BCUT2D eigenvalue weighted by Gasteiger charge is 2.40. The Morgan fingerprint density at radius 2 is 1.71 bits per heavy atom. The van der Waals surface area contributed by atoms with Crippen molar-refractivity contribution >= 4 is 69.8 Å². The molecule has 5 nitrogen and oxygen atoms in total. The van der Waals surface area contributed by atoms with Crippen LogP contribution < -0.4 is 10.2 Å². The molecule has 2 amide bonds. The van der Waals surface area contributed by atoms with Crippen LogP contribution in [0.25, 0.3) is 0 Å². The second kappa shape index (κ2) is 10.5. The third-order valence-corrected chi connectivity index (χ3v) is 7.28. The molecular weight excluding hydrogens is 513 g/mol. The lowest BCUT2D eigenvalue weighted by molar-refractivity contribution is -0.117. The zero-order chi connectivity index (χ0) is 24.2. The molecule has 0 spiro atoms. The number of halogens is 3. The number of amides is 2. The summed E-state index contributed by atoms with van der Waals surface area (Å²) < 4.78 is 0. The predicted molar refractivity (Wildman–Crippen MR) is 138 cm³/mol. The Kier molecular flexibility index (Phi) is 7.50. The van der Waals surface area contributed by atoms with Gasteiger partial charge in [-0.15, -0.1) is 0 Å². The van der Waals surface area contributed by atoms with Gasteiger partial charge in [0.05, 0.1) is 15.3 Å². The average Bonchev–Trinajstić information content (AvgIpc) is 3.14. The Bertz CT molecular complexity index is 1320. The van der Waals surface area contributed by atoms with Crippen LogP contribution in [0.15, 0.2) is 83.4 Å². The van der Waals surface area contributed by atoms with Crippen molar-refractivity contribution in [3.63, 3.8) is 0 Å². The highest BCUT2D eigenvalue weighted by Crippen LogP contribution is 2.42. The number of hydrogen-bond acceptors (Lipinski definition) is 4. The third-order valence-electron chi connectivity index (χ3n) is 5.03. The van der Waals surface area contributed by atoms with Gasteiger partial charge in [-0.2, -0.15) is 5.26 Å². The zero-order valence-electron chi connectivity index (χ0n) is 17.5. The van der Waals surface area contributed by atoms with E-state index in [1.807, 2.05) is 12.1 Å². The Hall–Kier alpha value is -2.95. The van der Waals surface area contributed by atoms with Gasteiger partial charge in [0.25, 0.3) is 5.91 Å². The van der Waals surface area contributed by atoms with Gasteiger partial charge in [-0.1, -0.05) is 70.8 Å². The smallest absolute Gasteiger partial charge is 0.269 e. The van der Waals surface area contributed by atoms with Gasteiger partial charge in [0.15, 0.2) is 0 Å². The van der Waals surface area contributed by atoms with Gasteiger partial charge in [0, 0.05) is 16.4 Å². The maximum absolute atomic E-state index is 13.5. The topological polar surface area (TPSA) is 73.2 Å². The van der Waals surface area contributed by atoms with Gasteiger partial charge in [-0.3, -0.25) is 14.5 Å². The monoisotopic (exact) mass is 527 g/mol. The average molecular weight is 529 g/mol. The number of anilines is 2. The SMILES string of the molecule is N#CC(C(=O)Nc1ccc(Cl)cc1)=C1SC(Cc2ccc(Cl)c(Cl)c2)C(=O)N1c1ccccc1. The summed E-state index contributed by atoms with van der Waals surface area (Å²) in [5, 5.41) is 13.7. The minimum Gasteiger partial charge on any atom is -0.321 e. The van der Waals surface area contributed by atoms with Crippen LogP contribution in [0.4, 0.5) is 11.4 Å². The third kappa shape index (κ3) is 5.24. The first kappa shape index (κ1) is 24.2. The molecule has 0 aliphatic carbocycles. The van der Waals surface area contributed by atoms with Crippen LogP contribution in [0.2, 0.25) is 15.1 Å². The van der Waals surface area contributed by atoms with Gasteiger partial charge in [-0.05, 0) is 60.5 Å². The van der Waals surface area contributed by atoms with E-state index in [-0.39, 0.29) is 16.5 Å². The summed E-state index contributed by atoms with van der Waals surface area (Å²) in [5.74, 6) is -0.847. The summed E-state index contributed by atoms with van der Waals surface area (Å²) >= 11 is 19.2. The number of benzene rings is 3. The normalized spacial score (nSPS) is 16.8. The van der Waals surface area contributed by atoms with Crippen LogP contribution >= 0.6 is 46.6 Å². The molecule has 1 heterocycles. The molecule has 9 heteroatoms. The Morgan fingerprint density at radius 3 is 2.35 bits per heavy atom. The Morgan fingerprint density at radius 1 is 1.00 bits per heavy atom. The maximum Gasteiger partial charge on any atom is 0.269 e. The van der Waals surface area contributed by atoms with Crippen molar-refractivity contribution in [2.75, 3.05) is 10.2 Å². The van der Waals surface area contributed by atoms with Crippen molar-refractivity contribution in [2.45, 2.75) is 11.7 Å². The van der Waals surface area contributed by atoms with E-state index in [4.69, 9.17) is 34.8 Å². The van der Waals surface area contributed by atoms with Gasteiger partial charge in [0.1, 0.15) is 16.7 Å². The summed E-state index contributed by atoms with van der Waals surface area (Å²) in [6.45, 7) is 0. The van der Waals surface area contributed by atoms with Crippen molar-refractivity contribution < 1.29 is 9.59 Å². The molecular formula is C25H16Cl3N3O2S. The number of nitrogens with one attached hydrogen (secondary N) is 1. The molecule has 0 saturated carbocycles. The summed E-state index contributed by atoms with van der Waals surface area (Å²) in [4.78, 5) is 27.9. The number of carbonyl (C=O) groups excluding carboxylic acids is 2. The van der Waals surface area contributed by atoms with Crippen LogP contribution in [-0.2, 0) is 16.0 Å². The highest BCUT2D eigenvalue weighted by molar-refractivity contribution is 8.05. The molecule has 4 rings (SSSR count). The standard InChI is InChI=1S/C25H16Cl3N3O2S/c26-16-7-9-17(10-8-16)30-23(32)19(14-29)25-31(18-4-2-1-3-5-18)24(33)22(34-25)13-15-6-11-20(27)21(28)12-15/h1-12,22H,13H2,(H,30,32). The van der Waals surface area contributed by atoms with E-state index in [1.54, 1.807) is 66.7 Å². The van der Waals surface area contributed by atoms with E-state index < -0.39 is 11.2 Å². The van der Waals surface area contributed by atoms with E-state index in [2.05, 4.69) is 5.32 Å². The summed E-state index contributed by atoms with van der Waals surface area (Å²) in [6.07, 6.45) is 0.352. The number of hydrogen-bond donors (Lipinski definition) is 1. The van der Waals surface area contributed by atoms with Crippen LogP contribution in [0, 0.1) is 11.3 Å². The molecule has 0 radical (unpaired) electrons. The second-order valence-corrected chi connectivity index (χ2v) is 9.76. The molecule has 1 atom stereocenters. The minimum absolute atomic E-state index is 0.159. The molecule has 3 aromatic carbocycles. The molecule has 1 unspecified atom stereocenters. The number of nitriles is 1. The Labute approximate surface area is 215 Å². The largest absolute Gasteiger partial charge is 0.321 e. The molecule has 1 aliphatic rings. The number of carbonyl (C=O) groups is 2. The van der Waals surface area contributed by atoms with E-state index in [0.29, 0.717) is 32.9 Å². The van der Waals surface area contributed by atoms with Crippen LogP contribution in [0.3, 0.4) is 0 Å². The fourth-order valence-electron chi connectivity index (χ4n) is 3.41. The number of nitrogens with zero attached hydrogens (tertiary/aromatic N) is 2. The lowest BCUT2D eigenvalue weighted by Crippen LogP contribution is -2.30. The number of rotatable bonds is 5. The quantitative estimate of drug-likeness (QED) is 0.295. The summed E-state index contributed by atoms with van der Waals surface area (Å²) in [5.41, 5.74) is 1.71. The van der Waals surface area contributed by atoms with Gasteiger partial charge in [0.2, 0.25) is 5.91 Å². The molecule has 0 bridgehead atoms. The van der Waals surface area contributed by atoms with Crippen LogP contribution in [-0.4, -0.2) is 17.1 Å². The Balaban J connectivity index is 1.70. The first-order valence-corrected chi connectivity index (χ1v) is 12.1. The van der Waals surface area contributed by atoms with Crippen LogP contribution in [0.5, 0.6) is 0 Å². The van der Waals surface area contributed by atoms with Crippen molar-refractivity contribution in [3.05, 3.63) is 104 Å². The predicted octanol–water partition coefficient (Wildman–Crippen LogP) is 6.71. The van der Waals surface area contributed by atoms with Crippen molar-refractivity contribution in [2.24, 2.45) is 0 Å². The fraction of sp³-hybridized carbons (Fsp3) is 0.0800. The first-order valence-electron chi connectivity index (χ1n) is 10.1. The van der Waals surface area contributed by atoms with Crippen LogP contribution in [0.1, 0.15) is 5.56 Å². The van der Waals surface area contributed by atoms with Gasteiger partial charge >= 0.3 is 0 Å². The van der Waals surface area contributed by atoms with E-state index in [1.165, 1.54) is 16.7 Å². The van der Waals surface area contributed by atoms with E-state index in [0.717, 1.165) is 5.56 Å². The molecule has 1 fully saturated rings. The lowest BCUT2D eigenvalue weighted by Gasteiger charge is -2.18. The molecule has 1 N–H and O–H groups in total. The highest BCUT2D eigenvalue weighted by atomic mass is 35.5. The number of para-hydroxylation sites is 1. The van der Waals surface area contributed by atoms with Crippen molar-refractivity contribution in [1.82, 2.24) is 0 Å². The lowest BCUT2D eigenvalue weighted by atomic mass is 10.1. The van der Waals surface area contributed by atoms with Crippen molar-refractivity contribution in [3.8, 4) is 6.07 Å². The van der Waals surface area contributed by atoms with Gasteiger partial charge in [-0.25, -0.2) is 0 Å². The number of thioether (sulfide) groups is 1. The summed E-state index contributed by atoms with van der Waals surface area (Å²) in [7, 11) is 0. The van der Waals surface area contributed by atoms with E-state index in [9.17, 15) is 14.9 Å². The molecule has 3 aromatic rings. The van der Waals surface area contributed by atoms with Crippen molar-refractivity contribution in [1.29, 1.82) is 5.26 Å². The molecule has 34 heavy (non-hydrogen) atoms. The maximum atomic E-state index is 13.5. The molecule has 1 aliphatic heterocycles. The van der Waals surface area contributed by atoms with E-state index >= 15 is 0 Å². The molecule has 0 aromatic heterocycles. The minimum atomic E-state index is -0.615. The summed E-state index contributed by atoms with van der Waals surface area (Å²) in [6, 6.07) is 22.6. The molecule has 170 valence electrons. The van der Waals surface area contributed by atoms with Gasteiger partial charge < -0.3 is 5.32 Å². The fourth-order valence-corrected chi connectivity index (χ4v) is 5.16.